The molecule has 0 amide bonds. The van der Waals surface area contributed by atoms with Gasteiger partial charge in [-0.1, -0.05) is 6.92 Å². The minimum atomic E-state index is -0.155. The number of hydrogen-bond donors (Lipinski definition) is 1. The van der Waals surface area contributed by atoms with Gasteiger partial charge in [-0.05, 0) is 6.07 Å². The van der Waals surface area contributed by atoms with Crippen molar-refractivity contribution >= 4 is 11.5 Å². The zero-order valence-electron chi connectivity index (χ0n) is 16.0. The number of hydrogen-bond acceptors (Lipinski definition) is 9. The fourth-order valence-electron chi connectivity index (χ4n) is 3.74. The Labute approximate surface area is 166 Å². The van der Waals surface area contributed by atoms with Crippen molar-refractivity contribution in [1.29, 1.82) is 0 Å². The van der Waals surface area contributed by atoms with Crippen LogP contribution in [-0.2, 0) is 17.7 Å². The molecule has 0 saturated carbocycles. The highest BCUT2D eigenvalue weighted by atomic mass is 16.5. The second-order valence-corrected chi connectivity index (χ2v) is 7.09. The summed E-state index contributed by atoms with van der Waals surface area (Å²) >= 11 is 0. The van der Waals surface area contributed by atoms with Crippen molar-refractivity contribution in [2.24, 2.45) is 0 Å². The second kappa shape index (κ2) is 7.28. The number of aryl methyl sites for hydroxylation is 1. The van der Waals surface area contributed by atoms with Gasteiger partial charge in [0.25, 0.3) is 0 Å². The molecule has 5 rings (SSSR count). The number of H-pyrrole nitrogens is 1. The Kier molecular flexibility index (Phi) is 4.47. The summed E-state index contributed by atoms with van der Waals surface area (Å²) in [6.07, 6.45) is 4.16. The van der Waals surface area contributed by atoms with E-state index in [1.54, 1.807) is 12.3 Å². The normalized spacial score (nSPS) is 18.4. The van der Waals surface area contributed by atoms with Crippen LogP contribution in [-0.4, -0.2) is 57.5 Å². The molecule has 1 saturated heterocycles. The van der Waals surface area contributed by atoms with E-state index in [4.69, 9.17) is 14.1 Å². The molecule has 1 atom stereocenters. The number of nitrogens with one attached hydrogen (secondary N) is 1. The van der Waals surface area contributed by atoms with E-state index in [1.165, 1.54) is 6.07 Å². The van der Waals surface area contributed by atoms with E-state index in [2.05, 4.69) is 30.0 Å². The molecule has 0 unspecified atom stereocenters. The van der Waals surface area contributed by atoms with Gasteiger partial charge in [0.1, 0.15) is 0 Å². The molecule has 3 aromatic heterocycles. The van der Waals surface area contributed by atoms with Crippen molar-refractivity contribution in [1.82, 2.24) is 25.1 Å². The number of ether oxygens (including phenoxy) is 1. The van der Waals surface area contributed by atoms with Gasteiger partial charge in [0.15, 0.2) is 11.6 Å². The van der Waals surface area contributed by atoms with E-state index in [1.807, 2.05) is 13.1 Å². The minimum absolute atomic E-state index is 0.155. The lowest BCUT2D eigenvalue weighted by Gasteiger charge is -2.45. The first-order valence-corrected chi connectivity index (χ1v) is 9.68. The van der Waals surface area contributed by atoms with Gasteiger partial charge in [-0.25, -0.2) is 9.97 Å². The van der Waals surface area contributed by atoms with Gasteiger partial charge in [-0.2, -0.15) is 0 Å². The SMILES string of the molecule is CCc1nnc(CN2C[C@@H]3COCCN3c3nc(-c4ccc(=O)[nH]c4)ncc32)o1. The van der Waals surface area contributed by atoms with Crippen molar-refractivity contribution in [2.45, 2.75) is 25.9 Å². The summed E-state index contributed by atoms with van der Waals surface area (Å²) in [4.78, 5) is 27.9. The van der Waals surface area contributed by atoms with Gasteiger partial charge in [-0.3, -0.25) is 4.79 Å². The molecule has 0 spiro atoms. The Bertz CT molecular complexity index is 1060. The molecule has 3 aromatic rings. The van der Waals surface area contributed by atoms with Crippen molar-refractivity contribution in [3.05, 3.63) is 46.7 Å². The molecule has 10 nitrogen and oxygen atoms in total. The first kappa shape index (κ1) is 17.8. The van der Waals surface area contributed by atoms with E-state index in [-0.39, 0.29) is 11.6 Å². The van der Waals surface area contributed by atoms with E-state index >= 15 is 0 Å². The number of rotatable bonds is 4. The lowest BCUT2D eigenvalue weighted by Crippen LogP contribution is -2.55. The van der Waals surface area contributed by atoms with Crippen LogP contribution in [0.2, 0.25) is 0 Å². The third kappa shape index (κ3) is 3.35. The number of morpholine rings is 1. The molecular formula is C19H21N7O3. The van der Waals surface area contributed by atoms with Gasteiger partial charge in [0, 0.05) is 37.3 Å². The van der Waals surface area contributed by atoms with E-state index < -0.39 is 0 Å². The molecule has 2 aliphatic heterocycles. The summed E-state index contributed by atoms with van der Waals surface area (Å²) in [6, 6.07) is 3.38. The number of anilines is 2. The summed E-state index contributed by atoms with van der Waals surface area (Å²) in [5.74, 6) is 2.63. The lowest BCUT2D eigenvalue weighted by molar-refractivity contribution is 0.0934. The number of aromatic nitrogens is 5. The molecule has 1 fully saturated rings. The first-order valence-electron chi connectivity index (χ1n) is 9.68. The molecule has 5 heterocycles. The quantitative estimate of drug-likeness (QED) is 0.691. The van der Waals surface area contributed by atoms with Crippen LogP contribution in [0.5, 0.6) is 0 Å². The third-order valence-electron chi connectivity index (χ3n) is 5.20. The fourth-order valence-corrected chi connectivity index (χ4v) is 3.74. The molecule has 29 heavy (non-hydrogen) atoms. The second-order valence-electron chi connectivity index (χ2n) is 7.09. The molecule has 0 radical (unpaired) electrons. The van der Waals surface area contributed by atoms with Gasteiger partial charge in [0.2, 0.25) is 17.3 Å². The highest BCUT2D eigenvalue weighted by Crippen LogP contribution is 2.36. The highest BCUT2D eigenvalue weighted by Gasteiger charge is 2.35. The Balaban J connectivity index is 1.52. The first-order chi connectivity index (χ1) is 14.2. The molecule has 2 aliphatic rings. The van der Waals surface area contributed by atoms with Crippen LogP contribution in [0.15, 0.2) is 33.7 Å². The topological polar surface area (TPSA) is 113 Å². The zero-order valence-corrected chi connectivity index (χ0v) is 16.0. The van der Waals surface area contributed by atoms with E-state index in [9.17, 15) is 4.79 Å². The molecular weight excluding hydrogens is 374 g/mol. The average molecular weight is 395 g/mol. The van der Waals surface area contributed by atoms with Crippen LogP contribution < -0.4 is 15.4 Å². The number of fused-ring (bicyclic) bond motifs is 3. The predicted octanol–water partition coefficient (Wildman–Crippen LogP) is 1.00. The molecule has 1 N–H and O–H groups in total. The Morgan fingerprint density at radius 1 is 1.28 bits per heavy atom. The van der Waals surface area contributed by atoms with Crippen LogP contribution >= 0.6 is 0 Å². The molecule has 0 aliphatic carbocycles. The molecule has 150 valence electrons. The standard InChI is InChI=1S/C19H21N7O3/c1-2-16-23-24-17(29-16)10-25-9-13-11-28-6-5-26(13)19-14(25)8-21-18(22-19)12-3-4-15(27)20-7-12/h3-4,7-8,13H,2,5-6,9-11H2,1H3,(H,20,27)/t13-/m1/s1. The summed E-state index contributed by atoms with van der Waals surface area (Å²) in [6.45, 7) is 5.31. The largest absolute Gasteiger partial charge is 0.423 e. The van der Waals surface area contributed by atoms with Crippen LogP contribution in [0.3, 0.4) is 0 Å². The Hall–Kier alpha value is -3.27. The Morgan fingerprint density at radius 3 is 2.97 bits per heavy atom. The van der Waals surface area contributed by atoms with Gasteiger partial charge < -0.3 is 23.9 Å². The predicted molar refractivity (Wildman–Crippen MR) is 105 cm³/mol. The molecule has 0 aromatic carbocycles. The molecule has 10 heteroatoms. The third-order valence-corrected chi connectivity index (χ3v) is 5.20. The lowest BCUT2D eigenvalue weighted by atomic mass is 10.1. The summed E-state index contributed by atoms with van der Waals surface area (Å²) < 4.78 is 11.4. The average Bonchev–Trinajstić information content (AvgIpc) is 3.22. The van der Waals surface area contributed by atoms with Crippen molar-refractivity contribution in [3.8, 4) is 11.4 Å². The maximum atomic E-state index is 11.4. The van der Waals surface area contributed by atoms with Crippen molar-refractivity contribution in [3.63, 3.8) is 0 Å². The zero-order chi connectivity index (χ0) is 19.8. The van der Waals surface area contributed by atoms with Crippen LogP contribution in [0.4, 0.5) is 11.5 Å². The van der Waals surface area contributed by atoms with Gasteiger partial charge in [0.05, 0.1) is 37.7 Å². The van der Waals surface area contributed by atoms with Crippen LogP contribution in [0.1, 0.15) is 18.7 Å². The maximum absolute atomic E-state index is 11.4. The van der Waals surface area contributed by atoms with Crippen molar-refractivity contribution < 1.29 is 9.15 Å². The minimum Gasteiger partial charge on any atom is -0.423 e. The summed E-state index contributed by atoms with van der Waals surface area (Å²) in [5, 5.41) is 8.21. The van der Waals surface area contributed by atoms with E-state index in [0.717, 1.165) is 30.2 Å². The van der Waals surface area contributed by atoms with Crippen LogP contribution in [0.25, 0.3) is 11.4 Å². The van der Waals surface area contributed by atoms with Crippen molar-refractivity contribution in [2.75, 3.05) is 36.1 Å². The van der Waals surface area contributed by atoms with Gasteiger partial charge >= 0.3 is 0 Å². The molecule has 0 bridgehead atoms. The highest BCUT2D eigenvalue weighted by molar-refractivity contribution is 5.72. The van der Waals surface area contributed by atoms with Gasteiger partial charge in [-0.15, -0.1) is 10.2 Å². The number of aromatic amines is 1. The number of pyridine rings is 1. The monoisotopic (exact) mass is 395 g/mol. The summed E-state index contributed by atoms with van der Waals surface area (Å²) in [5.41, 5.74) is 1.53. The Morgan fingerprint density at radius 2 is 2.17 bits per heavy atom. The maximum Gasteiger partial charge on any atom is 0.247 e. The fraction of sp³-hybridized carbons (Fsp3) is 0.421. The number of nitrogens with zero attached hydrogens (tertiary/aromatic N) is 6. The smallest absolute Gasteiger partial charge is 0.247 e. The summed E-state index contributed by atoms with van der Waals surface area (Å²) in [7, 11) is 0. The van der Waals surface area contributed by atoms with Crippen LogP contribution in [0, 0.1) is 0 Å². The van der Waals surface area contributed by atoms with E-state index in [0.29, 0.717) is 43.8 Å².